The van der Waals surface area contributed by atoms with Crippen molar-refractivity contribution in [1.82, 2.24) is 0 Å². The highest BCUT2D eigenvalue weighted by Gasteiger charge is 2.52. The highest BCUT2D eigenvalue weighted by molar-refractivity contribution is 5.66. The molecule has 0 N–H and O–H groups in total. The van der Waals surface area contributed by atoms with Crippen LogP contribution in [-0.2, 0) is 9.53 Å². The summed E-state index contributed by atoms with van der Waals surface area (Å²) in [6, 6.07) is 0. The van der Waals surface area contributed by atoms with E-state index in [0.29, 0.717) is 0 Å². The Morgan fingerprint density at radius 2 is 1.83 bits per heavy atom. The Labute approximate surface area is 68.7 Å². The van der Waals surface area contributed by atoms with E-state index < -0.39 is 17.7 Å². The lowest BCUT2D eigenvalue weighted by molar-refractivity contribution is -0.263. The molecule has 2 nitrogen and oxygen atoms in total. The third-order valence-electron chi connectivity index (χ3n) is 1.64. The predicted molar refractivity (Wildman–Crippen MR) is 36.5 cm³/mol. The largest absolute Gasteiger partial charge is 0.450 e. The number of alkyl halides is 3. The predicted octanol–water partition coefficient (Wildman–Crippen LogP) is 2.28. The van der Waals surface area contributed by atoms with Crippen LogP contribution in [0.15, 0.2) is 0 Å². The summed E-state index contributed by atoms with van der Waals surface area (Å²) in [5.74, 6) is -0.920. The maximum atomic E-state index is 12.2. The molecule has 1 unspecified atom stereocenters. The summed E-state index contributed by atoms with van der Waals surface area (Å²) in [4.78, 5) is 10.3. The van der Waals surface area contributed by atoms with Gasteiger partial charge in [-0.25, -0.2) is 0 Å². The van der Waals surface area contributed by atoms with Crippen LogP contribution in [0.2, 0.25) is 0 Å². The molecule has 1 atom stereocenters. The van der Waals surface area contributed by atoms with E-state index in [2.05, 4.69) is 4.74 Å². The van der Waals surface area contributed by atoms with Crippen molar-refractivity contribution < 1.29 is 22.7 Å². The average molecular weight is 184 g/mol. The summed E-state index contributed by atoms with van der Waals surface area (Å²) in [5.41, 5.74) is -2.35. The zero-order chi connectivity index (χ0) is 9.99. The van der Waals surface area contributed by atoms with Gasteiger partial charge in [0.1, 0.15) is 0 Å². The van der Waals surface area contributed by atoms with E-state index >= 15 is 0 Å². The van der Waals surface area contributed by atoms with Gasteiger partial charge in [-0.1, -0.05) is 6.92 Å². The number of halogens is 3. The molecule has 0 aliphatic carbocycles. The third kappa shape index (κ3) is 2.39. The van der Waals surface area contributed by atoms with Gasteiger partial charge in [0.25, 0.3) is 0 Å². The Bertz CT molecular complexity index is 176. The average Bonchev–Trinajstić information content (AvgIpc) is 1.83. The zero-order valence-corrected chi connectivity index (χ0v) is 7.16. The summed E-state index contributed by atoms with van der Waals surface area (Å²) >= 11 is 0. The van der Waals surface area contributed by atoms with Crippen LogP contribution in [0.3, 0.4) is 0 Å². The van der Waals surface area contributed by atoms with Gasteiger partial charge in [0, 0.05) is 6.92 Å². The minimum absolute atomic E-state index is 0.282. The SMILES string of the molecule is CCC(C)(OC(C)=O)C(F)(F)F. The van der Waals surface area contributed by atoms with Crippen molar-refractivity contribution in [1.29, 1.82) is 0 Å². The lowest BCUT2D eigenvalue weighted by atomic mass is 10.0. The molecule has 0 bridgehead atoms. The maximum Gasteiger partial charge on any atom is 0.428 e. The molecule has 0 saturated heterocycles. The topological polar surface area (TPSA) is 26.3 Å². The first-order valence-electron chi connectivity index (χ1n) is 3.49. The number of carbonyl (C=O) groups excluding carboxylic acids is 1. The third-order valence-corrected chi connectivity index (χ3v) is 1.64. The van der Waals surface area contributed by atoms with Crippen LogP contribution < -0.4 is 0 Å². The molecule has 12 heavy (non-hydrogen) atoms. The molecule has 72 valence electrons. The van der Waals surface area contributed by atoms with Gasteiger partial charge in [-0.3, -0.25) is 4.79 Å². The number of esters is 1. The smallest absolute Gasteiger partial charge is 0.428 e. The highest BCUT2D eigenvalue weighted by Crippen LogP contribution is 2.35. The Kier molecular flexibility index (Phi) is 3.12. The molecule has 0 aromatic heterocycles. The Balaban J connectivity index is 4.56. The van der Waals surface area contributed by atoms with Gasteiger partial charge in [0.15, 0.2) is 0 Å². The summed E-state index contributed by atoms with van der Waals surface area (Å²) < 4.78 is 40.8. The van der Waals surface area contributed by atoms with Gasteiger partial charge < -0.3 is 4.74 Å². The van der Waals surface area contributed by atoms with Crippen LogP contribution >= 0.6 is 0 Å². The first-order valence-corrected chi connectivity index (χ1v) is 3.49. The molecule has 0 rings (SSSR count). The van der Waals surface area contributed by atoms with E-state index in [1.54, 1.807) is 0 Å². The Hall–Kier alpha value is -0.740. The first-order chi connectivity index (χ1) is 5.23. The van der Waals surface area contributed by atoms with E-state index in [1.807, 2.05) is 0 Å². The van der Waals surface area contributed by atoms with Gasteiger partial charge in [-0.2, -0.15) is 13.2 Å². The Morgan fingerprint density at radius 3 is 1.92 bits per heavy atom. The molecule has 0 saturated carbocycles. The Morgan fingerprint density at radius 1 is 1.42 bits per heavy atom. The van der Waals surface area contributed by atoms with Crippen LogP contribution in [0.4, 0.5) is 13.2 Å². The van der Waals surface area contributed by atoms with Crippen molar-refractivity contribution in [3.05, 3.63) is 0 Å². The minimum atomic E-state index is -4.51. The summed E-state index contributed by atoms with van der Waals surface area (Å²) in [5, 5.41) is 0. The molecular weight excluding hydrogens is 173 g/mol. The summed E-state index contributed by atoms with van der Waals surface area (Å²) in [6.07, 6.45) is -4.79. The van der Waals surface area contributed by atoms with Crippen molar-refractivity contribution in [2.45, 2.75) is 39.0 Å². The van der Waals surface area contributed by atoms with Gasteiger partial charge in [-0.15, -0.1) is 0 Å². The zero-order valence-electron chi connectivity index (χ0n) is 7.16. The lowest BCUT2D eigenvalue weighted by Crippen LogP contribution is -2.45. The monoisotopic (exact) mass is 184 g/mol. The van der Waals surface area contributed by atoms with Crippen LogP contribution in [0, 0.1) is 0 Å². The molecule has 0 heterocycles. The second-order valence-electron chi connectivity index (χ2n) is 2.68. The van der Waals surface area contributed by atoms with Crippen molar-refractivity contribution in [2.24, 2.45) is 0 Å². The van der Waals surface area contributed by atoms with Gasteiger partial charge in [0.2, 0.25) is 5.60 Å². The molecule has 0 aromatic rings. The van der Waals surface area contributed by atoms with Crippen LogP contribution in [0.1, 0.15) is 27.2 Å². The maximum absolute atomic E-state index is 12.2. The standard InChI is InChI=1S/C7H11F3O2/c1-4-6(3,7(8,9)10)12-5(2)11/h4H2,1-3H3. The van der Waals surface area contributed by atoms with Crippen LogP contribution in [0.5, 0.6) is 0 Å². The van der Waals surface area contributed by atoms with Crippen LogP contribution in [0.25, 0.3) is 0 Å². The second-order valence-corrected chi connectivity index (χ2v) is 2.68. The summed E-state index contributed by atoms with van der Waals surface area (Å²) in [7, 11) is 0. The quantitative estimate of drug-likeness (QED) is 0.615. The normalized spacial score (nSPS) is 16.8. The fourth-order valence-electron chi connectivity index (χ4n) is 0.648. The summed E-state index contributed by atoms with van der Waals surface area (Å²) in [6.45, 7) is 3.13. The van der Waals surface area contributed by atoms with Crippen molar-refractivity contribution in [3.63, 3.8) is 0 Å². The van der Waals surface area contributed by atoms with Gasteiger partial charge in [0.05, 0.1) is 0 Å². The molecule has 0 amide bonds. The number of carbonyl (C=O) groups is 1. The highest BCUT2D eigenvalue weighted by atomic mass is 19.4. The van der Waals surface area contributed by atoms with E-state index in [4.69, 9.17) is 0 Å². The molecule has 0 fully saturated rings. The molecule has 0 aromatic carbocycles. The van der Waals surface area contributed by atoms with Crippen molar-refractivity contribution >= 4 is 5.97 Å². The molecule has 0 aliphatic rings. The molecule has 5 heteroatoms. The first kappa shape index (κ1) is 11.3. The fraction of sp³-hybridized carbons (Fsp3) is 0.857. The number of hydrogen-bond donors (Lipinski definition) is 0. The van der Waals surface area contributed by atoms with Gasteiger partial charge >= 0.3 is 12.1 Å². The van der Waals surface area contributed by atoms with Crippen molar-refractivity contribution in [3.8, 4) is 0 Å². The van der Waals surface area contributed by atoms with E-state index in [-0.39, 0.29) is 6.42 Å². The molecular formula is C7H11F3O2. The number of rotatable bonds is 2. The van der Waals surface area contributed by atoms with Crippen molar-refractivity contribution in [2.75, 3.05) is 0 Å². The van der Waals surface area contributed by atoms with E-state index in [0.717, 1.165) is 13.8 Å². The number of ether oxygens (including phenoxy) is 1. The van der Waals surface area contributed by atoms with E-state index in [9.17, 15) is 18.0 Å². The van der Waals surface area contributed by atoms with E-state index in [1.165, 1.54) is 6.92 Å². The fourth-order valence-corrected chi connectivity index (χ4v) is 0.648. The lowest BCUT2D eigenvalue weighted by Gasteiger charge is -2.29. The molecule has 0 aliphatic heterocycles. The van der Waals surface area contributed by atoms with Gasteiger partial charge in [-0.05, 0) is 13.3 Å². The second kappa shape index (κ2) is 3.33. The minimum Gasteiger partial charge on any atom is -0.450 e. The molecule has 0 spiro atoms. The molecule has 0 radical (unpaired) electrons. The van der Waals surface area contributed by atoms with Crippen LogP contribution in [-0.4, -0.2) is 17.7 Å². The number of hydrogen-bond acceptors (Lipinski definition) is 2.